The Morgan fingerprint density at radius 3 is 1.57 bits per heavy atom. The first-order chi connectivity index (χ1) is 20.9. The maximum absolute atomic E-state index is 5.71. The molecule has 222 valence electrons. The second-order valence-corrected chi connectivity index (χ2v) is 12.2. The van der Waals surface area contributed by atoms with Gasteiger partial charge in [-0.3, -0.25) is 10.3 Å². The van der Waals surface area contributed by atoms with Crippen molar-refractivity contribution in [3.05, 3.63) is 78.5 Å². The summed E-state index contributed by atoms with van der Waals surface area (Å²) in [5, 5.41) is 10.6. The average molecular weight is 562 g/mol. The molecule has 5 aromatic rings. The predicted molar refractivity (Wildman–Crippen MR) is 185 cm³/mol. The van der Waals surface area contributed by atoms with Crippen LogP contribution in [0.5, 0.6) is 0 Å². The van der Waals surface area contributed by atoms with E-state index in [1.165, 1.54) is 145 Å². The highest BCUT2D eigenvalue weighted by molar-refractivity contribution is 6.33. The average Bonchev–Trinajstić information content (AvgIpc) is 3.03. The molecule has 0 aliphatic heterocycles. The molecule has 0 spiro atoms. The van der Waals surface area contributed by atoms with Gasteiger partial charge in [-0.2, -0.15) is 0 Å². The summed E-state index contributed by atoms with van der Waals surface area (Å²) in [7, 11) is 0. The lowest BCUT2D eigenvalue weighted by Crippen LogP contribution is -2.07. The lowest BCUT2D eigenvalue weighted by molar-refractivity contribution is 0.0686. The Bertz CT molecular complexity index is 1480. The Balaban J connectivity index is 0.979. The number of unbranched alkanes of at least 4 members (excludes halogenated alkanes) is 15. The first-order valence-corrected chi connectivity index (χ1v) is 17.0. The zero-order valence-electron chi connectivity index (χ0n) is 25.9. The van der Waals surface area contributed by atoms with E-state index in [2.05, 4.69) is 85.2 Å². The maximum Gasteiger partial charge on any atom is 0.0745 e. The summed E-state index contributed by atoms with van der Waals surface area (Å²) in [6.45, 7) is 3.05. The molecule has 0 atom stereocenters. The van der Waals surface area contributed by atoms with Crippen LogP contribution in [0.2, 0.25) is 0 Å². The van der Waals surface area contributed by atoms with Crippen molar-refractivity contribution in [2.45, 2.75) is 110 Å². The van der Waals surface area contributed by atoms with Gasteiger partial charge in [0.2, 0.25) is 0 Å². The number of benzene rings is 5. The monoisotopic (exact) mass is 561 g/mol. The number of hydroxylamine groups is 1. The van der Waals surface area contributed by atoms with Crippen LogP contribution in [-0.4, -0.2) is 6.61 Å². The van der Waals surface area contributed by atoms with Gasteiger partial charge in [0.05, 0.1) is 6.61 Å². The topological polar surface area (TPSA) is 21.3 Å². The molecule has 0 aromatic heterocycles. The molecule has 5 aromatic carbocycles. The number of hydrogen-bond donors (Lipinski definition) is 1. The first kappa shape index (κ1) is 30.4. The molecule has 0 saturated carbocycles. The molecule has 1 N–H and O–H groups in total. The Morgan fingerprint density at radius 1 is 0.500 bits per heavy atom. The van der Waals surface area contributed by atoms with E-state index in [0.717, 1.165) is 13.0 Å². The second kappa shape index (κ2) is 16.5. The Hall–Kier alpha value is -3.10. The van der Waals surface area contributed by atoms with Crippen LogP contribution in [0, 0.1) is 0 Å². The Morgan fingerprint density at radius 2 is 0.976 bits per heavy atom. The molecule has 0 radical (unpaired) electrons. The van der Waals surface area contributed by atoms with Gasteiger partial charge in [0.15, 0.2) is 0 Å². The molecule has 0 fully saturated rings. The van der Waals surface area contributed by atoms with E-state index in [1.54, 1.807) is 0 Å². The third-order valence-electron chi connectivity index (χ3n) is 9.07. The van der Waals surface area contributed by atoms with Gasteiger partial charge in [0.1, 0.15) is 0 Å². The second-order valence-electron chi connectivity index (χ2n) is 12.2. The fourth-order valence-corrected chi connectivity index (χ4v) is 6.77. The molecule has 0 amide bonds. The summed E-state index contributed by atoms with van der Waals surface area (Å²) in [6.07, 6.45) is 26.3. The van der Waals surface area contributed by atoms with Crippen molar-refractivity contribution in [3.8, 4) is 0 Å². The molecule has 0 unspecified atom stereocenters. The standard InChI is InChI=1S/C40H51NO/c1-2-3-4-5-6-7-8-9-10-11-12-13-14-15-16-17-31-42-41-30-29-32-27-28-38-36-25-19-22-33-21-18-24-35(39(33)36)37-26-20-23-34(32)40(37)38/h18-30,41H,2-17,31H2,1H3. The fourth-order valence-electron chi connectivity index (χ4n) is 6.77. The summed E-state index contributed by atoms with van der Waals surface area (Å²) < 4.78 is 0. The highest BCUT2D eigenvalue weighted by Gasteiger charge is 2.13. The lowest BCUT2D eigenvalue weighted by atomic mass is 9.88. The molecule has 2 heteroatoms. The SMILES string of the molecule is CCCCCCCCCCCCCCCCCCONC=Cc1ccc2c3cccc4cccc(c5cccc1c52)c43. The third-order valence-corrected chi connectivity index (χ3v) is 9.07. The Labute approximate surface area is 253 Å². The molecule has 42 heavy (non-hydrogen) atoms. The van der Waals surface area contributed by atoms with Gasteiger partial charge >= 0.3 is 0 Å². The van der Waals surface area contributed by atoms with E-state index in [0.29, 0.717) is 0 Å². The molecule has 0 saturated heterocycles. The van der Waals surface area contributed by atoms with Gasteiger partial charge in [-0.1, -0.05) is 170 Å². The van der Waals surface area contributed by atoms with Crippen molar-refractivity contribution in [2.75, 3.05) is 6.61 Å². The number of nitrogens with one attached hydrogen (secondary N) is 1. The van der Waals surface area contributed by atoms with Crippen LogP contribution >= 0.6 is 0 Å². The molecular weight excluding hydrogens is 510 g/mol. The number of hydrogen-bond acceptors (Lipinski definition) is 2. The number of fused-ring (bicyclic) bond motifs is 2. The van der Waals surface area contributed by atoms with Crippen molar-refractivity contribution < 1.29 is 4.84 Å². The third kappa shape index (κ3) is 7.84. The van der Waals surface area contributed by atoms with E-state index in [1.807, 2.05) is 6.20 Å². The van der Waals surface area contributed by atoms with Crippen molar-refractivity contribution in [1.82, 2.24) is 5.48 Å². The van der Waals surface area contributed by atoms with E-state index >= 15 is 0 Å². The zero-order chi connectivity index (χ0) is 28.8. The van der Waals surface area contributed by atoms with E-state index in [4.69, 9.17) is 4.84 Å². The van der Waals surface area contributed by atoms with Crippen molar-refractivity contribution in [3.63, 3.8) is 0 Å². The smallest absolute Gasteiger partial charge is 0.0745 e. The normalized spacial score (nSPS) is 12.1. The van der Waals surface area contributed by atoms with Crippen LogP contribution in [0.25, 0.3) is 49.2 Å². The maximum atomic E-state index is 5.71. The van der Waals surface area contributed by atoms with Crippen LogP contribution in [0.1, 0.15) is 115 Å². The molecule has 2 nitrogen and oxygen atoms in total. The Kier molecular flexibility index (Phi) is 11.9. The highest BCUT2D eigenvalue weighted by atomic mass is 16.6. The zero-order valence-corrected chi connectivity index (χ0v) is 25.9. The largest absolute Gasteiger partial charge is 0.277 e. The summed E-state index contributed by atoms with van der Waals surface area (Å²) in [5.74, 6) is 0. The van der Waals surface area contributed by atoms with E-state index in [9.17, 15) is 0 Å². The van der Waals surface area contributed by atoms with Crippen LogP contribution in [-0.2, 0) is 4.84 Å². The van der Waals surface area contributed by atoms with Crippen LogP contribution in [0.15, 0.2) is 72.9 Å². The number of rotatable bonds is 20. The molecule has 0 aliphatic carbocycles. The van der Waals surface area contributed by atoms with Crippen molar-refractivity contribution in [1.29, 1.82) is 0 Å². The van der Waals surface area contributed by atoms with Gasteiger partial charge in [0.25, 0.3) is 0 Å². The van der Waals surface area contributed by atoms with Gasteiger partial charge in [-0.05, 0) is 61.2 Å². The molecule has 0 heterocycles. The highest BCUT2D eigenvalue weighted by Crippen LogP contribution is 2.41. The minimum absolute atomic E-state index is 0.757. The molecule has 5 rings (SSSR count). The fraction of sp³-hybridized carbons (Fsp3) is 0.450. The molecule has 0 aliphatic rings. The summed E-state index contributed by atoms with van der Waals surface area (Å²) in [6, 6.07) is 24.5. The van der Waals surface area contributed by atoms with Crippen molar-refractivity contribution in [2.24, 2.45) is 0 Å². The lowest BCUT2D eigenvalue weighted by Gasteiger charge is -2.15. The van der Waals surface area contributed by atoms with Gasteiger partial charge < -0.3 is 0 Å². The quantitative estimate of drug-likeness (QED) is 0.0441. The first-order valence-electron chi connectivity index (χ1n) is 17.0. The minimum atomic E-state index is 0.757. The van der Waals surface area contributed by atoms with Crippen LogP contribution in [0.3, 0.4) is 0 Å². The van der Waals surface area contributed by atoms with Crippen LogP contribution < -0.4 is 5.48 Å². The van der Waals surface area contributed by atoms with Crippen molar-refractivity contribution >= 4 is 49.2 Å². The van der Waals surface area contributed by atoms with Crippen LogP contribution in [0.4, 0.5) is 0 Å². The summed E-state index contributed by atoms with van der Waals surface area (Å²) in [5.41, 5.74) is 4.27. The van der Waals surface area contributed by atoms with Gasteiger partial charge in [-0.25, -0.2) is 0 Å². The van der Waals surface area contributed by atoms with Gasteiger partial charge in [0, 0.05) is 6.20 Å². The van der Waals surface area contributed by atoms with E-state index < -0.39 is 0 Å². The molecular formula is C40H51NO. The van der Waals surface area contributed by atoms with E-state index in [-0.39, 0.29) is 0 Å². The summed E-state index contributed by atoms with van der Waals surface area (Å²) >= 11 is 0. The summed E-state index contributed by atoms with van der Waals surface area (Å²) in [4.78, 5) is 5.71. The molecule has 0 bridgehead atoms. The minimum Gasteiger partial charge on any atom is -0.277 e. The predicted octanol–water partition coefficient (Wildman–Crippen LogP) is 12.5. The van der Waals surface area contributed by atoms with Gasteiger partial charge in [-0.15, -0.1) is 0 Å².